The van der Waals surface area contributed by atoms with Crippen molar-refractivity contribution in [3.05, 3.63) is 28.8 Å². The van der Waals surface area contributed by atoms with E-state index in [9.17, 15) is 0 Å². The first-order valence-corrected chi connectivity index (χ1v) is 7.03. The molecule has 0 bridgehead atoms. The molecule has 0 radical (unpaired) electrons. The number of rotatable bonds is 5. The van der Waals surface area contributed by atoms with E-state index < -0.39 is 0 Å². The minimum Gasteiger partial charge on any atom is -0.384 e. The van der Waals surface area contributed by atoms with E-state index >= 15 is 0 Å². The summed E-state index contributed by atoms with van der Waals surface area (Å²) in [5.41, 5.74) is 7.12. The van der Waals surface area contributed by atoms with Gasteiger partial charge in [0.1, 0.15) is 5.84 Å². The normalized spacial score (nSPS) is 15.7. The number of likely N-dealkylation sites (tertiary alicyclic amines) is 1. The van der Waals surface area contributed by atoms with Crippen LogP contribution in [0.2, 0.25) is 5.02 Å². The van der Waals surface area contributed by atoms with Gasteiger partial charge in [-0.3, -0.25) is 5.41 Å². The van der Waals surface area contributed by atoms with Crippen LogP contribution >= 0.6 is 11.6 Å². The van der Waals surface area contributed by atoms with Gasteiger partial charge in [0.25, 0.3) is 0 Å². The lowest BCUT2D eigenvalue weighted by atomic mass is 10.2. The smallest absolute Gasteiger partial charge is 0.124 e. The predicted molar refractivity (Wildman–Crippen MR) is 81.4 cm³/mol. The summed E-state index contributed by atoms with van der Waals surface area (Å²) in [7, 11) is 2.06. The fourth-order valence-corrected chi connectivity index (χ4v) is 2.66. The van der Waals surface area contributed by atoms with E-state index in [0.717, 1.165) is 18.8 Å². The van der Waals surface area contributed by atoms with Crippen LogP contribution in [0.4, 0.5) is 5.69 Å². The van der Waals surface area contributed by atoms with Gasteiger partial charge in [0.15, 0.2) is 0 Å². The molecule has 1 saturated heterocycles. The zero-order valence-electron chi connectivity index (χ0n) is 11.3. The third-order valence-electron chi connectivity index (χ3n) is 3.63. The Labute approximate surface area is 119 Å². The van der Waals surface area contributed by atoms with Gasteiger partial charge < -0.3 is 15.5 Å². The molecule has 1 fully saturated rings. The minimum atomic E-state index is 0.0104. The molecule has 19 heavy (non-hydrogen) atoms. The van der Waals surface area contributed by atoms with Crippen LogP contribution in [0.1, 0.15) is 18.4 Å². The number of hydrogen-bond donors (Lipinski definition) is 2. The van der Waals surface area contributed by atoms with E-state index in [1.54, 1.807) is 0 Å². The van der Waals surface area contributed by atoms with E-state index in [2.05, 4.69) is 16.8 Å². The van der Waals surface area contributed by atoms with Crippen LogP contribution < -0.4 is 10.6 Å². The largest absolute Gasteiger partial charge is 0.384 e. The fourth-order valence-electron chi connectivity index (χ4n) is 2.39. The zero-order valence-corrected chi connectivity index (χ0v) is 12.1. The molecule has 4 nitrogen and oxygen atoms in total. The van der Waals surface area contributed by atoms with E-state index in [0.29, 0.717) is 10.6 Å². The van der Waals surface area contributed by atoms with Gasteiger partial charge in [-0.05, 0) is 44.1 Å². The van der Waals surface area contributed by atoms with Gasteiger partial charge in [-0.15, -0.1) is 0 Å². The third kappa shape index (κ3) is 3.61. The number of amidine groups is 1. The summed E-state index contributed by atoms with van der Waals surface area (Å²) in [5, 5.41) is 7.96. The molecule has 0 aromatic heterocycles. The molecule has 0 atom stereocenters. The lowest BCUT2D eigenvalue weighted by Gasteiger charge is -2.23. The van der Waals surface area contributed by atoms with Crippen molar-refractivity contribution in [2.45, 2.75) is 12.8 Å². The van der Waals surface area contributed by atoms with Crippen LogP contribution in [0.5, 0.6) is 0 Å². The van der Waals surface area contributed by atoms with Gasteiger partial charge in [-0.2, -0.15) is 0 Å². The van der Waals surface area contributed by atoms with Crippen molar-refractivity contribution in [3.8, 4) is 0 Å². The summed E-state index contributed by atoms with van der Waals surface area (Å²) in [6.07, 6.45) is 2.64. The van der Waals surface area contributed by atoms with Gasteiger partial charge in [0.05, 0.1) is 5.02 Å². The maximum atomic E-state index is 7.42. The molecule has 1 aromatic carbocycles. The number of likely N-dealkylation sites (N-methyl/N-ethyl adjacent to an activating group) is 1. The Morgan fingerprint density at radius 2 is 2.11 bits per heavy atom. The minimum absolute atomic E-state index is 0.0104. The van der Waals surface area contributed by atoms with Gasteiger partial charge in [0, 0.05) is 31.4 Å². The molecule has 0 aliphatic carbocycles. The molecule has 0 saturated carbocycles. The second-order valence-corrected chi connectivity index (χ2v) is 5.46. The van der Waals surface area contributed by atoms with Crippen LogP contribution in [-0.4, -0.2) is 44.0 Å². The number of nitrogens with two attached hydrogens (primary N) is 1. The van der Waals surface area contributed by atoms with E-state index in [1.165, 1.54) is 25.9 Å². The van der Waals surface area contributed by atoms with Crippen molar-refractivity contribution in [3.63, 3.8) is 0 Å². The Kier molecular flexibility index (Phi) is 4.66. The van der Waals surface area contributed by atoms with Gasteiger partial charge in [-0.25, -0.2) is 0 Å². The lowest BCUT2D eigenvalue weighted by Crippen LogP contribution is -2.31. The number of benzene rings is 1. The predicted octanol–water partition coefficient (Wildman–Crippen LogP) is 2.16. The fraction of sp³-hybridized carbons (Fsp3) is 0.500. The summed E-state index contributed by atoms with van der Waals surface area (Å²) >= 11 is 6.14. The monoisotopic (exact) mass is 280 g/mol. The first-order chi connectivity index (χ1) is 9.08. The van der Waals surface area contributed by atoms with Crippen molar-refractivity contribution in [2.75, 3.05) is 38.1 Å². The Bertz CT molecular complexity index is 455. The molecule has 1 aliphatic rings. The molecular weight excluding hydrogens is 260 g/mol. The van der Waals surface area contributed by atoms with E-state index in [4.69, 9.17) is 22.7 Å². The highest BCUT2D eigenvalue weighted by molar-refractivity contribution is 6.34. The SMILES string of the molecule is CN(CCN1CCCC1)c1ccc(C(=N)N)c(Cl)c1. The zero-order chi connectivity index (χ0) is 13.8. The van der Waals surface area contributed by atoms with Crippen LogP contribution in [0.15, 0.2) is 18.2 Å². The second kappa shape index (κ2) is 6.26. The Morgan fingerprint density at radius 1 is 1.42 bits per heavy atom. The standard InChI is InChI=1S/C14H21ClN4/c1-18(8-9-19-6-2-3-7-19)11-4-5-12(14(16)17)13(15)10-11/h4-5,10H,2-3,6-9H2,1H3,(H3,16,17). The Morgan fingerprint density at radius 3 is 2.68 bits per heavy atom. The molecule has 0 spiro atoms. The topological polar surface area (TPSA) is 56.4 Å². The van der Waals surface area contributed by atoms with Crippen molar-refractivity contribution in [1.29, 1.82) is 5.41 Å². The molecule has 1 heterocycles. The molecule has 3 N–H and O–H groups in total. The number of nitrogens with zero attached hydrogens (tertiary/aromatic N) is 2. The first kappa shape index (κ1) is 14.2. The summed E-state index contributed by atoms with van der Waals surface area (Å²) < 4.78 is 0. The number of nitrogen functional groups attached to an aromatic ring is 1. The molecule has 5 heteroatoms. The summed E-state index contributed by atoms with van der Waals surface area (Å²) in [6, 6.07) is 5.65. The number of anilines is 1. The highest BCUT2D eigenvalue weighted by Crippen LogP contribution is 2.22. The maximum absolute atomic E-state index is 7.42. The highest BCUT2D eigenvalue weighted by Gasteiger charge is 2.12. The highest BCUT2D eigenvalue weighted by atomic mass is 35.5. The Hall–Kier alpha value is -1.26. The van der Waals surface area contributed by atoms with Crippen molar-refractivity contribution >= 4 is 23.1 Å². The number of hydrogen-bond acceptors (Lipinski definition) is 3. The van der Waals surface area contributed by atoms with Crippen LogP contribution in [0, 0.1) is 5.41 Å². The Balaban J connectivity index is 1.96. The van der Waals surface area contributed by atoms with E-state index in [-0.39, 0.29) is 5.84 Å². The maximum Gasteiger partial charge on any atom is 0.124 e. The van der Waals surface area contributed by atoms with Crippen LogP contribution in [-0.2, 0) is 0 Å². The quantitative estimate of drug-likeness (QED) is 0.642. The van der Waals surface area contributed by atoms with Crippen molar-refractivity contribution in [2.24, 2.45) is 5.73 Å². The van der Waals surface area contributed by atoms with Crippen molar-refractivity contribution < 1.29 is 0 Å². The van der Waals surface area contributed by atoms with Gasteiger partial charge >= 0.3 is 0 Å². The van der Waals surface area contributed by atoms with Gasteiger partial charge in [-0.1, -0.05) is 11.6 Å². The second-order valence-electron chi connectivity index (χ2n) is 5.05. The first-order valence-electron chi connectivity index (χ1n) is 6.65. The average molecular weight is 281 g/mol. The molecule has 2 rings (SSSR count). The number of nitrogens with one attached hydrogen (secondary N) is 1. The molecule has 1 aliphatic heterocycles. The summed E-state index contributed by atoms with van der Waals surface area (Å²) in [5.74, 6) is 0.0104. The van der Waals surface area contributed by atoms with E-state index in [1.807, 2.05) is 18.2 Å². The number of halogens is 1. The molecule has 0 amide bonds. The summed E-state index contributed by atoms with van der Waals surface area (Å²) in [4.78, 5) is 4.68. The molecule has 1 aromatic rings. The van der Waals surface area contributed by atoms with Crippen LogP contribution in [0.3, 0.4) is 0 Å². The molecule has 0 unspecified atom stereocenters. The summed E-state index contributed by atoms with van der Waals surface area (Å²) in [6.45, 7) is 4.51. The molecule has 104 valence electrons. The molecular formula is C14H21ClN4. The van der Waals surface area contributed by atoms with Crippen LogP contribution in [0.25, 0.3) is 0 Å². The van der Waals surface area contributed by atoms with Crippen molar-refractivity contribution in [1.82, 2.24) is 4.90 Å². The lowest BCUT2D eigenvalue weighted by molar-refractivity contribution is 0.346. The van der Waals surface area contributed by atoms with Gasteiger partial charge in [0.2, 0.25) is 0 Å². The third-order valence-corrected chi connectivity index (χ3v) is 3.95. The average Bonchev–Trinajstić information content (AvgIpc) is 2.88.